The third kappa shape index (κ3) is 6.43. The fourth-order valence-corrected chi connectivity index (χ4v) is 4.40. The Morgan fingerprint density at radius 2 is 1.86 bits per heavy atom. The summed E-state index contributed by atoms with van der Waals surface area (Å²) in [5.74, 6) is 1.85. The molecule has 1 saturated heterocycles. The SMILES string of the molecule is Cc1cc2n(n1)CCCN2C(=O)CCCNc1ccc(N2CCN(C(=O)OC(C)(C)C)CC2)cn1. The van der Waals surface area contributed by atoms with Crippen LogP contribution in [0.2, 0.25) is 0 Å². The van der Waals surface area contributed by atoms with Crippen molar-refractivity contribution >= 4 is 29.3 Å². The average molecular weight is 484 g/mol. The molecule has 2 aliphatic heterocycles. The van der Waals surface area contributed by atoms with Gasteiger partial charge in [0.1, 0.15) is 17.2 Å². The van der Waals surface area contributed by atoms with Gasteiger partial charge in [0.15, 0.2) is 0 Å². The number of nitrogens with one attached hydrogen (secondary N) is 1. The molecule has 2 aromatic heterocycles. The molecular weight excluding hydrogens is 446 g/mol. The van der Waals surface area contributed by atoms with E-state index in [4.69, 9.17) is 4.74 Å². The number of fused-ring (bicyclic) bond motifs is 1. The van der Waals surface area contributed by atoms with E-state index in [-0.39, 0.29) is 12.0 Å². The average Bonchev–Trinajstić information content (AvgIpc) is 3.21. The zero-order valence-corrected chi connectivity index (χ0v) is 21.3. The minimum absolute atomic E-state index is 0.140. The second-order valence-electron chi connectivity index (χ2n) is 10.2. The number of aryl methyl sites for hydroxylation is 2. The smallest absolute Gasteiger partial charge is 0.410 e. The van der Waals surface area contributed by atoms with Crippen LogP contribution in [-0.4, -0.2) is 76.5 Å². The molecule has 0 bridgehead atoms. The van der Waals surface area contributed by atoms with Crippen molar-refractivity contribution in [2.45, 2.75) is 59.1 Å². The van der Waals surface area contributed by atoms with Gasteiger partial charge in [0.25, 0.3) is 0 Å². The van der Waals surface area contributed by atoms with Crippen LogP contribution in [0.4, 0.5) is 22.1 Å². The number of rotatable bonds is 6. The van der Waals surface area contributed by atoms with Gasteiger partial charge < -0.3 is 19.9 Å². The highest BCUT2D eigenvalue weighted by Gasteiger charge is 2.26. The van der Waals surface area contributed by atoms with Crippen LogP contribution in [0.15, 0.2) is 24.4 Å². The van der Waals surface area contributed by atoms with Crippen molar-refractivity contribution in [3.05, 3.63) is 30.1 Å². The first-order chi connectivity index (χ1) is 16.7. The predicted molar refractivity (Wildman–Crippen MR) is 136 cm³/mol. The van der Waals surface area contributed by atoms with E-state index < -0.39 is 5.60 Å². The van der Waals surface area contributed by atoms with Crippen LogP contribution < -0.4 is 15.1 Å². The maximum atomic E-state index is 12.7. The number of pyridine rings is 1. The number of amides is 2. The van der Waals surface area contributed by atoms with Gasteiger partial charge in [0, 0.05) is 58.3 Å². The van der Waals surface area contributed by atoms with Gasteiger partial charge in [-0.05, 0) is 52.7 Å². The van der Waals surface area contributed by atoms with E-state index in [1.54, 1.807) is 4.90 Å². The summed E-state index contributed by atoms with van der Waals surface area (Å²) in [5.41, 5.74) is 1.50. The minimum Gasteiger partial charge on any atom is -0.444 e. The summed E-state index contributed by atoms with van der Waals surface area (Å²) < 4.78 is 7.40. The molecule has 1 N–H and O–H groups in total. The van der Waals surface area contributed by atoms with Crippen LogP contribution in [-0.2, 0) is 16.1 Å². The molecule has 2 amide bonds. The van der Waals surface area contributed by atoms with E-state index in [2.05, 4.69) is 20.3 Å². The summed E-state index contributed by atoms with van der Waals surface area (Å²) in [6.07, 6.45) is 3.75. The summed E-state index contributed by atoms with van der Waals surface area (Å²) in [6, 6.07) is 5.99. The van der Waals surface area contributed by atoms with E-state index >= 15 is 0 Å². The van der Waals surface area contributed by atoms with Gasteiger partial charge >= 0.3 is 6.09 Å². The highest BCUT2D eigenvalue weighted by molar-refractivity contribution is 5.92. The van der Waals surface area contributed by atoms with Gasteiger partial charge in [0.2, 0.25) is 5.91 Å². The van der Waals surface area contributed by atoms with Gasteiger partial charge in [-0.15, -0.1) is 0 Å². The van der Waals surface area contributed by atoms with Crippen LogP contribution in [0.3, 0.4) is 0 Å². The lowest BCUT2D eigenvalue weighted by Gasteiger charge is -2.36. The number of carbonyl (C=O) groups excluding carboxylic acids is 2. The first-order valence-electron chi connectivity index (χ1n) is 12.5. The molecule has 2 aromatic rings. The molecule has 0 saturated carbocycles. The molecule has 2 aliphatic rings. The Morgan fingerprint density at radius 3 is 2.54 bits per heavy atom. The maximum Gasteiger partial charge on any atom is 0.410 e. The number of carbonyl (C=O) groups is 2. The Bertz CT molecular complexity index is 1020. The number of piperazine rings is 1. The molecular formula is C25H37N7O3. The van der Waals surface area contributed by atoms with Crippen LogP contribution in [0, 0.1) is 6.92 Å². The summed E-state index contributed by atoms with van der Waals surface area (Å²) in [6.45, 7) is 12.6. The molecule has 10 heteroatoms. The molecule has 0 unspecified atom stereocenters. The number of aromatic nitrogens is 3. The number of anilines is 3. The third-order valence-electron chi connectivity index (χ3n) is 6.13. The monoisotopic (exact) mass is 483 g/mol. The third-order valence-corrected chi connectivity index (χ3v) is 6.13. The van der Waals surface area contributed by atoms with Crippen LogP contribution in [0.1, 0.15) is 45.7 Å². The maximum absolute atomic E-state index is 12.7. The lowest BCUT2D eigenvalue weighted by atomic mass is 10.2. The number of nitrogens with zero attached hydrogens (tertiary/aromatic N) is 6. The lowest BCUT2D eigenvalue weighted by molar-refractivity contribution is -0.118. The van der Waals surface area contributed by atoms with E-state index in [9.17, 15) is 9.59 Å². The summed E-state index contributed by atoms with van der Waals surface area (Å²) in [4.78, 5) is 35.4. The highest BCUT2D eigenvalue weighted by Crippen LogP contribution is 2.23. The summed E-state index contributed by atoms with van der Waals surface area (Å²) in [7, 11) is 0. The van der Waals surface area contributed by atoms with Gasteiger partial charge in [-0.25, -0.2) is 14.5 Å². The molecule has 35 heavy (non-hydrogen) atoms. The molecule has 0 atom stereocenters. The van der Waals surface area contributed by atoms with Gasteiger partial charge in [-0.1, -0.05) is 0 Å². The second kappa shape index (κ2) is 10.5. The first kappa shape index (κ1) is 24.8. The second-order valence-corrected chi connectivity index (χ2v) is 10.2. The van der Waals surface area contributed by atoms with Gasteiger partial charge in [-0.3, -0.25) is 9.69 Å². The van der Waals surface area contributed by atoms with E-state index in [1.165, 1.54) is 0 Å². The molecule has 4 heterocycles. The van der Waals surface area contributed by atoms with Crippen LogP contribution >= 0.6 is 0 Å². The minimum atomic E-state index is -0.482. The van der Waals surface area contributed by atoms with Crippen molar-refractivity contribution < 1.29 is 14.3 Å². The zero-order valence-electron chi connectivity index (χ0n) is 21.3. The lowest BCUT2D eigenvalue weighted by Crippen LogP contribution is -2.50. The molecule has 0 aromatic carbocycles. The Labute approximate surface area is 207 Å². The Morgan fingerprint density at radius 1 is 1.09 bits per heavy atom. The Balaban J connectivity index is 1.19. The molecule has 0 spiro atoms. The zero-order chi connectivity index (χ0) is 25.0. The Kier molecular flexibility index (Phi) is 7.47. The predicted octanol–water partition coefficient (Wildman–Crippen LogP) is 3.27. The summed E-state index contributed by atoms with van der Waals surface area (Å²) >= 11 is 0. The van der Waals surface area contributed by atoms with E-state index in [0.717, 1.165) is 62.0 Å². The highest BCUT2D eigenvalue weighted by atomic mass is 16.6. The van der Waals surface area contributed by atoms with Crippen molar-refractivity contribution in [1.82, 2.24) is 19.7 Å². The number of hydrogen-bond donors (Lipinski definition) is 1. The molecule has 0 radical (unpaired) electrons. The Hall–Kier alpha value is -3.30. The van der Waals surface area contributed by atoms with Crippen LogP contribution in [0.5, 0.6) is 0 Å². The first-order valence-corrected chi connectivity index (χ1v) is 12.5. The van der Waals surface area contributed by atoms with Crippen molar-refractivity contribution in [2.75, 3.05) is 54.4 Å². The largest absolute Gasteiger partial charge is 0.444 e. The molecule has 10 nitrogen and oxygen atoms in total. The standard InChI is InChI=1S/C25H37N7O3/c1-19-17-22-31(11-6-12-32(22)28-19)23(33)7-5-10-26-21-9-8-20(18-27-21)29-13-15-30(16-14-29)24(34)35-25(2,3)4/h8-9,17-18H,5-7,10-16H2,1-4H3,(H,26,27). The van der Waals surface area contributed by atoms with Crippen molar-refractivity contribution in [3.8, 4) is 0 Å². The normalized spacial score (nSPS) is 16.2. The van der Waals surface area contributed by atoms with Crippen LogP contribution in [0.25, 0.3) is 0 Å². The molecule has 1 fully saturated rings. The number of ether oxygens (including phenoxy) is 1. The van der Waals surface area contributed by atoms with Gasteiger partial charge in [-0.2, -0.15) is 5.10 Å². The fraction of sp³-hybridized carbons (Fsp3) is 0.600. The van der Waals surface area contributed by atoms with Gasteiger partial charge in [0.05, 0.1) is 17.6 Å². The van der Waals surface area contributed by atoms with Crippen molar-refractivity contribution in [3.63, 3.8) is 0 Å². The number of hydrogen-bond acceptors (Lipinski definition) is 7. The molecule has 4 rings (SSSR count). The van der Waals surface area contributed by atoms with E-state index in [1.807, 2.05) is 61.7 Å². The molecule has 190 valence electrons. The quantitative estimate of drug-likeness (QED) is 0.630. The molecule has 0 aliphatic carbocycles. The van der Waals surface area contributed by atoms with Crippen molar-refractivity contribution in [2.24, 2.45) is 0 Å². The fourth-order valence-electron chi connectivity index (χ4n) is 4.40. The topological polar surface area (TPSA) is 95.8 Å². The van der Waals surface area contributed by atoms with E-state index in [0.29, 0.717) is 26.1 Å². The summed E-state index contributed by atoms with van der Waals surface area (Å²) in [5, 5.41) is 7.77. The van der Waals surface area contributed by atoms with Crippen molar-refractivity contribution in [1.29, 1.82) is 0 Å².